The van der Waals surface area contributed by atoms with Gasteiger partial charge in [-0.1, -0.05) is 12.1 Å². The number of anilines is 1. The summed E-state index contributed by atoms with van der Waals surface area (Å²) in [4.78, 5) is 4.32. The SMILES string of the molecule is Cc1cc(NCC(C)(O)c2ccsc2)c2cccc(S(N)(=O)=O)c2n1. The maximum Gasteiger partial charge on any atom is 0.240 e. The molecule has 132 valence electrons. The van der Waals surface area contributed by atoms with Gasteiger partial charge in [-0.3, -0.25) is 4.98 Å². The highest BCUT2D eigenvalue weighted by Crippen LogP contribution is 2.29. The molecule has 3 aromatic rings. The van der Waals surface area contributed by atoms with Crippen molar-refractivity contribution >= 4 is 38.0 Å². The quantitative estimate of drug-likeness (QED) is 0.634. The van der Waals surface area contributed by atoms with E-state index in [1.807, 2.05) is 22.9 Å². The Morgan fingerprint density at radius 3 is 2.76 bits per heavy atom. The molecule has 4 N–H and O–H groups in total. The van der Waals surface area contributed by atoms with Gasteiger partial charge in [-0.25, -0.2) is 13.6 Å². The van der Waals surface area contributed by atoms with Gasteiger partial charge in [0.05, 0.1) is 5.52 Å². The van der Waals surface area contributed by atoms with E-state index in [4.69, 9.17) is 5.14 Å². The van der Waals surface area contributed by atoms with Crippen molar-refractivity contribution in [3.05, 3.63) is 52.3 Å². The van der Waals surface area contributed by atoms with Gasteiger partial charge in [0.25, 0.3) is 0 Å². The molecule has 0 aliphatic heterocycles. The second-order valence-corrected chi connectivity index (χ2v) is 8.46. The molecule has 0 aliphatic rings. The van der Waals surface area contributed by atoms with E-state index in [1.54, 1.807) is 26.0 Å². The summed E-state index contributed by atoms with van der Waals surface area (Å²) in [5, 5.41) is 23.6. The number of hydrogen-bond acceptors (Lipinski definition) is 6. The average Bonchev–Trinajstić information content (AvgIpc) is 3.06. The molecular formula is C17H19N3O3S2. The molecule has 25 heavy (non-hydrogen) atoms. The van der Waals surface area contributed by atoms with Crippen molar-refractivity contribution in [1.29, 1.82) is 0 Å². The van der Waals surface area contributed by atoms with Gasteiger partial charge < -0.3 is 10.4 Å². The number of nitrogens with zero attached hydrogens (tertiary/aromatic N) is 1. The smallest absolute Gasteiger partial charge is 0.240 e. The number of thiophene rings is 1. The Kier molecular flexibility index (Phi) is 4.54. The zero-order chi connectivity index (χ0) is 18.2. The number of rotatable bonds is 5. The molecule has 0 amide bonds. The standard InChI is InChI=1S/C17H19N3O3S2/c1-11-8-14(19-10-17(2,21)12-6-7-24-9-12)13-4-3-5-15(16(13)20-11)25(18,22)23/h3-9,21H,10H2,1-2H3,(H,19,20)(H2,18,22,23). The zero-order valence-electron chi connectivity index (χ0n) is 13.9. The summed E-state index contributed by atoms with van der Waals surface area (Å²) in [5.41, 5.74) is 1.44. The average molecular weight is 377 g/mol. The van der Waals surface area contributed by atoms with Crippen molar-refractivity contribution in [1.82, 2.24) is 4.98 Å². The molecular weight excluding hydrogens is 358 g/mol. The fourth-order valence-electron chi connectivity index (χ4n) is 2.67. The number of nitrogens with two attached hydrogens (primary N) is 1. The molecule has 0 saturated carbocycles. The Labute approximate surface area is 150 Å². The summed E-state index contributed by atoms with van der Waals surface area (Å²) in [6.45, 7) is 3.78. The molecule has 0 spiro atoms. The van der Waals surface area contributed by atoms with Crippen LogP contribution in [-0.2, 0) is 15.6 Å². The number of primary sulfonamides is 1. The summed E-state index contributed by atoms with van der Waals surface area (Å²) < 4.78 is 23.6. The molecule has 0 aliphatic carbocycles. The summed E-state index contributed by atoms with van der Waals surface area (Å²) >= 11 is 1.52. The van der Waals surface area contributed by atoms with Crippen molar-refractivity contribution in [3.63, 3.8) is 0 Å². The fourth-order valence-corrected chi connectivity index (χ4v) is 4.14. The largest absolute Gasteiger partial charge is 0.384 e. The molecule has 8 heteroatoms. The Hall–Kier alpha value is -2.00. The third-order valence-corrected chi connectivity index (χ3v) is 5.63. The van der Waals surface area contributed by atoms with E-state index in [2.05, 4.69) is 10.3 Å². The van der Waals surface area contributed by atoms with Gasteiger partial charge in [-0.05, 0) is 48.4 Å². The van der Waals surface area contributed by atoms with E-state index in [1.165, 1.54) is 17.4 Å². The first kappa shape index (κ1) is 17.8. The second kappa shape index (κ2) is 6.38. The predicted octanol–water partition coefficient (Wildman–Crippen LogP) is 2.57. The van der Waals surface area contributed by atoms with E-state index in [9.17, 15) is 13.5 Å². The van der Waals surface area contributed by atoms with Crippen molar-refractivity contribution in [2.75, 3.05) is 11.9 Å². The minimum Gasteiger partial charge on any atom is -0.384 e. The highest BCUT2D eigenvalue weighted by atomic mass is 32.2. The van der Waals surface area contributed by atoms with Crippen molar-refractivity contribution in [3.8, 4) is 0 Å². The summed E-state index contributed by atoms with van der Waals surface area (Å²) in [6.07, 6.45) is 0. The van der Waals surface area contributed by atoms with Crippen LogP contribution in [0.15, 0.2) is 46.0 Å². The third kappa shape index (κ3) is 3.67. The predicted molar refractivity (Wildman–Crippen MR) is 100 cm³/mol. The van der Waals surface area contributed by atoms with Gasteiger partial charge in [0.2, 0.25) is 10.0 Å². The number of pyridine rings is 1. The maximum absolute atomic E-state index is 11.8. The third-order valence-electron chi connectivity index (χ3n) is 4.00. The summed E-state index contributed by atoms with van der Waals surface area (Å²) in [5.74, 6) is 0. The summed E-state index contributed by atoms with van der Waals surface area (Å²) in [7, 11) is -3.88. The first-order chi connectivity index (χ1) is 11.7. The molecule has 2 aromatic heterocycles. The van der Waals surface area contributed by atoms with Gasteiger partial charge in [0.1, 0.15) is 10.5 Å². The Balaban J connectivity index is 2.03. The highest BCUT2D eigenvalue weighted by Gasteiger charge is 2.24. The van der Waals surface area contributed by atoms with Crippen LogP contribution in [0.1, 0.15) is 18.2 Å². The molecule has 1 unspecified atom stereocenters. The van der Waals surface area contributed by atoms with Crippen molar-refractivity contribution in [2.45, 2.75) is 24.3 Å². The fraction of sp³-hybridized carbons (Fsp3) is 0.235. The molecule has 1 aromatic carbocycles. The van der Waals surface area contributed by atoms with Crippen LogP contribution in [0.2, 0.25) is 0 Å². The van der Waals surface area contributed by atoms with Gasteiger partial charge in [-0.2, -0.15) is 11.3 Å². The van der Waals surface area contributed by atoms with E-state index in [0.717, 1.165) is 5.56 Å². The number of aryl methyl sites for hydroxylation is 1. The van der Waals surface area contributed by atoms with Gasteiger partial charge in [0, 0.05) is 23.3 Å². The molecule has 0 saturated heterocycles. The minimum absolute atomic E-state index is 0.0126. The summed E-state index contributed by atoms with van der Waals surface area (Å²) in [6, 6.07) is 8.54. The number of hydrogen-bond donors (Lipinski definition) is 3. The molecule has 0 bridgehead atoms. The maximum atomic E-state index is 11.8. The van der Waals surface area contributed by atoms with Gasteiger partial charge in [-0.15, -0.1) is 0 Å². The van der Waals surface area contributed by atoms with Crippen LogP contribution in [0, 0.1) is 6.92 Å². The number of aromatic nitrogens is 1. The lowest BCUT2D eigenvalue weighted by Crippen LogP contribution is -2.30. The van der Waals surface area contributed by atoms with Crippen LogP contribution in [0.4, 0.5) is 5.69 Å². The number of benzene rings is 1. The first-order valence-corrected chi connectivity index (χ1v) is 10.1. The monoisotopic (exact) mass is 377 g/mol. The molecule has 0 radical (unpaired) electrons. The molecule has 3 rings (SSSR count). The van der Waals surface area contributed by atoms with E-state index in [0.29, 0.717) is 22.3 Å². The molecule has 0 fully saturated rings. The van der Waals surface area contributed by atoms with Crippen LogP contribution >= 0.6 is 11.3 Å². The lowest BCUT2D eigenvalue weighted by Gasteiger charge is -2.24. The van der Waals surface area contributed by atoms with E-state index in [-0.39, 0.29) is 11.4 Å². The first-order valence-electron chi connectivity index (χ1n) is 7.60. The van der Waals surface area contributed by atoms with Crippen LogP contribution in [0.25, 0.3) is 10.9 Å². The zero-order valence-corrected chi connectivity index (χ0v) is 15.5. The number of aliphatic hydroxyl groups is 1. The van der Waals surface area contributed by atoms with E-state index >= 15 is 0 Å². The normalized spacial score (nSPS) is 14.4. The minimum atomic E-state index is -3.88. The van der Waals surface area contributed by atoms with Crippen LogP contribution in [-0.4, -0.2) is 25.1 Å². The van der Waals surface area contributed by atoms with Crippen LogP contribution in [0.5, 0.6) is 0 Å². The number of nitrogens with one attached hydrogen (secondary N) is 1. The topological polar surface area (TPSA) is 105 Å². The Morgan fingerprint density at radius 2 is 2.12 bits per heavy atom. The van der Waals surface area contributed by atoms with Crippen molar-refractivity contribution in [2.24, 2.45) is 5.14 Å². The van der Waals surface area contributed by atoms with Gasteiger partial charge in [0.15, 0.2) is 0 Å². The lowest BCUT2D eigenvalue weighted by molar-refractivity contribution is 0.0720. The van der Waals surface area contributed by atoms with Crippen molar-refractivity contribution < 1.29 is 13.5 Å². The van der Waals surface area contributed by atoms with Crippen LogP contribution < -0.4 is 10.5 Å². The number of para-hydroxylation sites is 1. The highest BCUT2D eigenvalue weighted by molar-refractivity contribution is 7.89. The van der Waals surface area contributed by atoms with Crippen LogP contribution in [0.3, 0.4) is 0 Å². The molecule has 2 heterocycles. The number of sulfonamides is 1. The molecule has 6 nitrogen and oxygen atoms in total. The molecule has 1 atom stereocenters. The lowest BCUT2D eigenvalue weighted by atomic mass is 9.99. The van der Waals surface area contributed by atoms with Gasteiger partial charge >= 0.3 is 0 Å². The van der Waals surface area contributed by atoms with E-state index < -0.39 is 15.6 Å². The number of fused-ring (bicyclic) bond motifs is 1. The second-order valence-electron chi connectivity index (χ2n) is 6.15. The Bertz CT molecular complexity index is 1010. The Morgan fingerprint density at radius 1 is 1.36 bits per heavy atom.